The van der Waals surface area contributed by atoms with Crippen LogP contribution in [0.4, 0.5) is 4.39 Å². The van der Waals surface area contributed by atoms with Crippen LogP contribution in [0.15, 0.2) is 59.4 Å². The summed E-state index contributed by atoms with van der Waals surface area (Å²) in [5.74, 6) is -6.53. The second kappa shape index (κ2) is 27.3. The van der Waals surface area contributed by atoms with Crippen molar-refractivity contribution in [2.75, 3.05) is 72.5 Å². The summed E-state index contributed by atoms with van der Waals surface area (Å²) in [6.07, 6.45) is 2.88. The molecule has 83 heavy (non-hydrogen) atoms. The van der Waals surface area contributed by atoms with Crippen LogP contribution in [0.3, 0.4) is 0 Å². The lowest BCUT2D eigenvalue weighted by atomic mass is 9.81. The fourth-order valence-electron chi connectivity index (χ4n) is 10.1. The van der Waals surface area contributed by atoms with Gasteiger partial charge in [0.2, 0.25) is 41.4 Å². The molecule has 9 amide bonds. The van der Waals surface area contributed by atoms with Crippen molar-refractivity contribution in [1.82, 2.24) is 51.7 Å². The van der Waals surface area contributed by atoms with Gasteiger partial charge < -0.3 is 65.8 Å². The predicted molar refractivity (Wildman–Crippen MR) is 288 cm³/mol. The molecule has 0 fully saturated rings. The van der Waals surface area contributed by atoms with E-state index in [4.69, 9.17) is 23.9 Å². The van der Waals surface area contributed by atoms with Crippen LogP contribution in [0.25, 0.3) is 22.3 Å². The first-order valence-electron chi connectivity index (χ1n) is 26.9. The highest BCUT2D eigenvalue weighted by Crippen LogP contribution is 2.46. The van der Waals surface area contributed by atoms with Gasteiger partial charge in [0.05, 0.1) is 81.1 Å². The Morgan fingerprint density at radius 3 is 2.23 bits per heavy atom. The molecule has 27 heteroatoms. The number of hydrogen-bond donors (Lipinski definition) is 8. The Balaban J connectivity index is 0.740. The lowest BCUT2D eigenvalue weighted by Crippen LogP contribution is -2.52. The van der Waals surface area contributed by atoms with Crippen molar-refractivity contribution in [2.24, 2.45) is 0 Å². The minimum Gasteiger partial charge on any atom is -0.458 e. The number of nitrogens with one attached hydrogen (secondary N) is 7. The molecule has 2 aromatic heterocycles. The largest absolute Gasteiger partial charge is 0.458 e. The van der Waals surface area contributed by atoms with Crippen molar-refractivity contribution >= 4 is 70.0 Å². The first-order chi connectivity index (χ1) is 39.9. The molecule has 4 aliphatic rings. The zero-order valence-corrected chi connectivity index (χ0v) is 45.6. The Hall–Kier alpha value is -8.79. The van der Waals surface area contributed by atoms with Gasteiger partial charge in [-0.15, -0.1) is 0 Å². The zero-order valence-electron chi connectivity index (χ0n) is 45.6. The molecule has 0 unspecified atom stereocenters. The molecule has 1 aliphatic carbocycles. The van der Waals surface area contributed by atoms with E-state index < -0.39 is 115 Å². The van der Waals surface area contributed by atoms with E-state index >= 15 is 4.39 Å². The average Bonchev–Trinajstić information content (AvgIpc) is 4.19. The number of cyclic esters (lactones) is 1. The average molecular weight is 1150 g/mol. The molecular formula is C56H63FN10O16. The fraction of sp³-hybridized carbons (Fsp3) is 0.429. The number of amides is 9. The molecule has 2 aromatic carbocycles. The molecule has 0 saturated carbocycles. The number of rotatable bonds is 28. The number of halogens is 1. The van der Waals surface area contributed by atoms with Gasteiger partial charge in [0, 0.05) is 67.1 Å². The Morgan fingerprint density at radius 1 is 0.795 bits per heavy atom. The van der Waals surface area contributed by atoms with Gasteiger partial charge in [-0.25, -0.2) is 14.2 Å². The number of aliphatic hydroxyl groups is 1. The van der Waals surface area contributed by atoms with Gasteiger partial charge in [0.25, 0.3) is 17.4 Å². The standard InChI is InChI=1S/C56H63FN10O16/c1-3-56(79)36-22-41-52-34(27-67(41)54(77)35(36)28-83-55(56)78)51-38(10-9-33-31(2)37(57)23-39(65-52)50(33)51)63-47(73)29-82-30-62-45(71)25-61-53(76)40(21-32-7-5-4-6-8-32)64-46(72)26-60-44(70)24-59-43(69)14-17-80-19-20-81-18-15-58-42(68)13-16-66-48(74)11-12-49(66)75/h4-8,11-12,22-23,38,40,79H,3,9-10,13-21,24-30H2,1-2H3,(H,58,68)(H,59,69)(H,60,70)(H,61,76)(H,62,71)(H,63,73)(H,64,72)/t38-,40-,56-/m0/s1. The van der Waals surface area contributed by atoms with Crippen LogP contribution in [-0.2, 0) is 98.5 Å². The van der Waals surface area contributed by atoms with Crippen molar-refractivity contribution in [3.05, 3.63) is 110 Å². The summed E-state index contributed by atoms with van der Waals surface area (Å²) in [7, 11) is 0. The first kappa shape index (κ1) is 60.3. The monoisotopic (exact) mass is 1150 g/mol. The Kier molecular flexibility index (Phi) is 19.9. The van der Waals surface area contributed by atoms with Crippen LogP contribution < -0.4 is 42.8 Å². The van der Waals surface area contributed by atoms with E-state index in [2.05, 4.69) is 37.2 Å². The highest BCUT2D eigenvalue weighted by atomic mass is 19.1. The van der Waals surface area contributed by atoms with Gasteiger partial charge in [0.15, 0.2) is 5.60 Å². The van der Waals surface area contributed by atoms with E-state index in [-0.39, 0.29) is 95.4 Å². The molecule has 0 bridgehead atoms. The van der Waals surface area contributed by atoms with Crippen LogP contribution in [0, 0.1) is 12.7 Å². The number of esters is 1. The Morgan fingerprint density at radius 2 is 1.48 bits per heavy atom. The van der Waals surface area contributed by atoms with Gasteiger partial charge in [-0.05, 0) is 54.5 Å². The van der Waals surface area contributed by atoms with Crippen molar-refractivity contribution in [1.29, 1.82) is 0 Å². The normalized spacial score (nSPS) is 16.7. The number of hydrogen-bond acceptors (Lipinski definition) is 17. The number of nitrogens with zero attached hydrogens (tertiary/aromatic N) is 3. The molecule has 8 N–H and O–H groups in total. The number of benzene rings is 2. The number of ether oxygens (including phenoxy) is 4. The third kappa shape index (κ3) is 14.5. The molecule has 440 valence electrons. The van der Waals surface area contributed by atoms with E-state index in [1.807, 2.05) is 0 Å². The van der Waals surface area contributed by atoms with Gasteiger partial charge >= 0.3 is 5.97 Å². The number of carbonyl (C=O) groups is 10. The lowest BCUT2D eigenvalue weighted by Gasteiger charge is -2.31. The van der Waals surface area contributed by atoms with E-state index in [9.17, 15) is 57.8 Å². The Bertz CT molecular complexity index is 3320. The maximum absolute atomic E-state index is 15.4. The van der Waals surface area contributed by atoms with Crippen molar-refractivity contribution in [3.8, 4) is 11.4 Å². The lowest BCUT2D eigenvalue weighted by molar-refractivity contribution is -0.172. The highest BCUT2D eigenvalue weighted by molar-refractivity contribution is 6.13. The van der Waals surface area contributed by atoms with E-state index in [1.165, 1.54) is 10.6 Å². The second-order valence-electron chi connectivity index (χ2n) is 19.9. The summed E-state index contributed by atoms with van der Waals surface area (Å²) in [6, 6.07) is 9.75. The summed E-state index contributed by atoms with van der Waals surface area (Å²) >= 11 is 0. The van der Waals surface area contributed by atoms with E-state index in [0.29, 0.717) is 62.9 Å². The van der Waals surface area contributed by atoms with Crippen LogP contribution in [0.5, 0.6) is 0 Å². The minimum absolute atomic E-state index is 0.0169. The third-order valence-corrected chi connectivity index (χ3v) is 14.4. The number of imide groups is 1. The highest BCUT2D eigenvalue weighted by Gasteiger charge is 2.46. The number of aromatic nitrogens is 2. The van der Waals surface area contributed by atoms with Crippen LogP contribution in [0.2, 0.25) is 0 Å². The smallest absolute Gasteiger partial charge is 0.343 e. The van der Waals surface area contributed by atoms with Gasteiger partial charge in [-0.3, -0.25) is 52.8 Å². The summed E-state index contributed by atoms with van der Waals surface area (Å²) < 4.78 is 38.3. The van der Waals surface area contributed by atoms with Crippen molar-refractivity contribution in [2.45, 2.75) is 83.2 Å². The first-order valence-corrected chi connectivity index (χ1v) is 26.9. The molecule has 0 radical (unpaired) electrons. The van der Waals surface area contributed by atoms with Crippen LogP contribution in [-0.4, -0.2) is 157 Å². The summed E-state index contributed by atoms with van der Waals surface area (Å²) in [4.78, 5) is 145. The third-order valence-electron chi connectivity index (χ3n) is 14.4. The summed E-state index contributed by atoms with van der Waals surface area (Å²) in [6.45, 7) is 1.18. The molecule has 26 nitrogen and oxygen atoms in total. The molecule has 5 heterocycles. The fourth-order valence-corrected chi connectivity index (χ4v) is 10.1. The second-order valence-corrected chi connectivity index (χ2v) is 19.9. The molecular weight excluding hydrogens is 1090 g/mol. The van der Waals surface area contributed by atoms with Crippen molar-refractivity contribution in [3.63, 3.8) is 0 Å². The molecule has 4 aromatic rings. The van der Waals surface area contributed by atoms with E-state index in [0.717, 1.165) is 17.1 Å². The topological polar surface area (TPSA) is 350 Å². The van der Waals surface area contributed by atoms with Gasteiger partial charge in [-0.1, -0.05) is 37.3 Å². The molecule has 0 saturated heterocycles. The number of fused-ring (bicyclic) bond motifs is 5. The zero-order chi connectivity index (χ0) is 59.4. The number of pyridine rings is 2. The molecule has 3 aliphatic heterocycles. The SMILES string of the molecule is CC[C@@]1(O)C(=O)OCc2c1cc1n(c2=O)Cc2c-1nc1cc(F)c(C)c3c1c2[C@@H](NC(=O)COCNC(=O)CNC(=O)[C@H](Cc1ccccc1)NC(=O)CNC(=O)CNC(=O)CCOCCOCCNC(=O)CCN1C(=O)C=CC1=O)CC3. The van der Waals surface area contributed by atoms with E-state index in [1.54, 1.807) is 50.2 Å². The maximum Gasteiger partial charge on any atom is 0.343 e. The number of aryl methyl sites for hydroxylation is 1. The Labute approximate surface area is 473 Å². The summed E-state index contributed by atoms with van der Waals surface area (Å²) in [5.41, 5.74) is 1.76. The molecule has 8 rings (SSSR count). The quantitative estimate of drug-likeness (QED) is 0.0124. The van der Waals surface area contributed by atoms with Crippen molar-refractivity contribution < 1.29 is 76.4 Å². The molecule has 3 atom stereocenters. The van der Waals surface area contributed by atoms with Gasteiger partial charge in [0.1, 0.15) is 31.8 Å². The predicted octanol–water partition coefficient (Wildman–Crippen LogP) is -1.35. The number of carbonyl (C=O) groups excluding carboxylic acids is 10. The van der Waals surface area contributed by atoms with Crippen LogP contribution >= 0.6 is 0 Å². The minimum atomic E-state index is -2.06. The molecule has 0 spiro atoms. The van der Waals surface area contributed by atoms with Gasteiger partial charge in [-0.2, -0.15) is 0 Å². The van der Waals surface area contributed by atoms with Crippen LogP contribution in [0.1, 0.15) is 77.6 Å². The maximum atomic E-state index is 15.4. The summed E-state index contributed by atoms with van der Waals surface area (Å²) in [5, 5.41) is 29.9.